The van der Waals surface area contributed by atoms with Crippen LogP contribution in [0.5, 0.6) is 0 Å². The molecule has 4 heterocycles. The molecule has 1 aliphatic heterocycles. The van der Waals surface area contributed by atoms with Gasteiger partial charge in [0.25, 0.3) is 0 Å². The van der Waals surface area contributed by atoms with Crippen molar-refractivity contribution in [2.45, 2.75) is 12.5 Å². The zero-order valence-electron chi connectivity index (χ0n) is 12.0. The summed E-state index contributed by atoms with van der Waals surface area (Å²) in [5, 5.41) is 4.04. The van der Waals surface area contributed by atoms with Crippen LogP contribution in [0.2, 0.25) is 0 Å². The summed E-state index contributed by atoms with van der Waals surface area (Å²) < 4.78 is 5.39. The first-order valence-electron chi connectivity index (χ1n) is 7.25. The Labute approximate surface area is 127 Å². The Kier molecular flexibility index (Phi) is 3.36. The molecule has 1 aliphatic rings. The second-order valence-electron chi connectivity index (χ2n) is 5.41. The second-order valence-corrected chi connectivity index (χ2v) is 5.41. The van der Waals surface area contributed by atoms with E-state index in [2.05, 4.69) is 25.0 Å². The van der Waals surface area contributed by atoms with E-state index < -0.39 is 0 Å². The van der Waals surface area contributed by atoms with Crippen LogP contribution in [-0.4, -0.2) is 38.1 Å². The third kappa shape index (κ3) is 2.60. The van der Waals surface area contributed by atoms with Crippen LogP contribution in [0, 0.1) is 0 Å². The third-order valence-electron chi connectivity index (χ3n) is 3.78. The Morgan fingerprint density at radius 2 is 2.09 bits per heavy atom. The number of nitrogens with zero attached hydrogens (tertiary/aromatic N) is 5. The molecular weight excluding hydrogens is 278 g/mol. The first-order valence-corrected chi connectivity index (χ1v) is 7.25. The van der Waals surface area contributed by atoms with E-state index in [9.17, 15) is 0 Å². The molecule has 110 valence electrons. The molecule has 0 aromatic carbocycles. The lowest BCUT2D eigenvalue weighted by Crippen LogP contribution is -2.44. The van der Waals surface area contributed by atoms with Gasteiger partial charge in [-0.25, -0.2) is 0 Å². The van der Waals surface area contributed by atoms with Crippen LogP contribution in [0.25, 0.3) is 11.4 Å². The summed E-state index contributed by atoms with van der Waals surface area (Å²) in [7, 11) is 0. The molecule has 3 aromatic heterocycles. The molecular formula is C16H15N5O. The summed E-state index contributed by atoms with van der Waals surface area (Å²) >= 11 is 0. The Morgan fingerprint density at radius 1 is 1.14 bits per heavy atom. The van der Waals surface area contributed by atoms with Gasteiger partial charge in [-0.2, -0.15) is 4.98 Å². The quantitative estimate of drug-likeness (QED) is 0.734. The molecule has 0 saturated carbocycles. The topological polar surface area (TPSA) is 67.9 Å². The van der Waals surface area contributed by atoms with E-state index >= 15 is 0 Å². The fourth-order valence-electron chi connectivity index (χ4n) is 2.59. The molecule has 0 atom stereocenters. The minimum Gasteiger partial charge on any atom is -0.339 e. The van der Waals surface area contributed by atoms with Crippen molar-refractivity contribution >= 4 is 0 Å². The summed E-state index contributed by atoms with van der Waals surface area (Å²) in [6.45, 7) is 2.71. The molecule has 6 heteroatoms. The molecule has 0 unspecified atom stereocenters. The normalized spacial score (nSPS) is 15.6. The molecule has 0 bridgehead atoms. The van der Waals surface area contributed by atoms with Gasteiger partial charge >= 0.3 is 0 Å². The molecule has 1 fully saturated rings. The van der Waals surface area contributed by atoms with Crippen molar-refractivity contribution in [3.05, 3.63) is 60.5 Å². The second kappa shape index (κ2) is 5.65. The predicted molar refractivity (Wildman–Crippen MR) is 79.8 cm³/mol. The standard InChI is InChI=1S/C16H15N5O/c1-2-7-18-14(5-1)11-21-9-13(10-21)16-19-15(20-22-16)12-4-3-6-17-8-12/h1-8,13H,9-11H2. The lowest BCUT2D eigenvalue weighted by molar-refractivity contribution is 0.116. The fourth-order valence-corrected chi connectivity index (χ4v) is 2.59. The molecule has 1 saturated heterocycles. The van der Waals surface area contributed by atoms with Crippen molar-refractivity contribution in [1.29, 1.82) is 0 Å². The highest BCUT2D eigenvalue weighted by atomic mass is 16.5. The Balaban J connectivity index is 1.38. The summed E-state index contributed by atoms with van der Waals surface area (Å²) in [5.74, 6) is 1.61. The zero-order chi connectivity index (χ0) is 14.8. The van der Waals surface area contributed by atoms with Crippen LogP contribution in [0.4, 0.5) is 0 Å². The highest BCUT2D eigenvalue weighted by molar-refractivity contribution is 5.51. The van der Waals surface area contributed by atoms with Gasteiger partial charge in [0.15, 0.2) is 0 Å². The van der Waals surface area contributed by atoms with E-state index in [0.29, 0.717) is 17.6 Å². The van der Waals surface area contributed by atoms with Crippen molar-refractivity contribution in [3.8, 4) is 11.4 Å². The maximum Gasteiger partial charge on any atom is 0.232 e. The van der Waals surface area contributed by atoms with Gasteiger partial charge in [0.2, 0.25) is 11.7 Å². The molecule has 22 heavy (non-hydrogen) atoms. The van der Waals surface area contributed by atoms with E-state index in [0.717, 1.165) is 30.9 Å². The fraction of sp³-hybridized carbons (Fsp3) is 0.250. The van der Waals surface area contributed by atoms with E-state index in [1.165, 1.54) is 0 Å². The molecule has 0 radical (unpaired) electrons. The SMILES string of the molecule is c1ccc(CN2CC(c3nc(-c4cccnc4)no3)C2)nc1. The molecule has 0 amide bonds. The van der Waals surface area contributed by atoms with E-state index in [1.54, 1.807) is 12.4 Å². The Bertz CT molecular complexity index is 737. The molecule has 0 spiro atoms. The predicted octanol–water partition coefficient (Wildman–Crippen LogP) is 2.13. The van der Waals surface area contributed by atoms with E-state index in [1.807, 2.05) is 36.5 Å². The highest BCUT2D eigenvalue weighted by Crippen LogP contribution is 2.28. The summed E-state index contributed by atoms with van der Waals surface area (Å²) in [5.41, 5.74) is 1.96. The molecule has 4 rings (SSSR count). The van der Waals surface area contributed by atoms with Gasteiger partial charge in [-0.1, -0.05) is 11.2 Å². The monoisotopic (exact) mass is 293 g/mol. The Morgan fingerprint density at radius 3 is 2.86 bits per heavy atom. The van der Waals surface area contributed by atoms with Gasteiger partial charge < -0.3 is 4.52 Å². The van der Waals surface area contributed by atoms with Gasteiger partial charge in [0, 0.05) is 43.8 Å². The molecule has 6 nitrogen and oxygen atoms in total. The number of aromatic nitrogens is 4. The first kappa shape index (κ1) is 13.1. The smallest absolute Gasteiger partial charge is 0.232 e. The summed E-state index contributed by atoms with van der Waals surface area (Å²) in [6.07, 6.45) is 5.29. The zero-order valence-corrected chi connectivity index (χ0v) is 12.0. The average molecular weight is 293 g/mol. The van der Waals surface area contributed by atoms with Crippen molar-refractivity contribution < 1.29 is 4.52 Å². The van der Waals surface area contributed by atoms with Crippen LogP contribution in [-0.2, 0) is 6.54 Å². The minimum atomic E-state index is 0.307. The number of hydrogen-bond donors (Lipinski definition) is 0. The number of pyridine rings is 2. The molecule has 3 aromatic rings. The molecule has 0 N–H and O–H groups in total. The van der Waals surface area contributed by atoms with Crippen molar-refractivity contribution in [2.75, 3.05) is 13.1 Å². The van der Waals surface area contributed by atoms with Crippen LogP contribution in [0.15, 0.2) is 53.4 Å². The number of likely N-dealkylation sites (tertiary alicyclic amines) is 1. The van der Waals surface area contributed by atoms with E-state index in [4.69, 9.17) is 4.52 Å². The first-order chi connectivity index (χ1) is 10.9. The summed E-state index contributed by atoms with van der Waals surface area (Å²) in [4.78, 5) is 15.2. The van der Waals surface area contributed by atoms with Gasteiger partial charge in [-0.05, 0) is 24.3 Å². The van der Waals surface area contributed by atoms with Crippen LogP contribution >= 0.6 is 0 Å². The van der Waals surface area contributed by atoms with Crippen molar-refractivity contribution in [1.82, 2.24) is 25.0 Å². The average Bonchev–Trinajstić information content (AvgIpc) is 3.02. The van der Waals surface area contributed by atoms with Gasteiger partial charge in [-0.15, -0.1) is 0 Å². The third-order valence-corrected chi connectivity index (χ3v) is 3.78. The Hall–Kier alpha value is -2.60. The van der Waals surface area contributed by atoms with Gasteiger partial charge in [0.05, 0.1) is 11.6 Å². The van der Waals surface area contributed by atoms with Crippen LogP contribution in [0.3, 0.4) is 0 Å². The van der Waals surface area contributed by atoms with Gasteiger partial charge in [-0.3, -0.25) is 14.9 Å². The largest absolute Gasteiger partial charge is 0.339 e. The van der Waals surface area contributed by atoms with E-state index in [-0.39, 0.29) is 0 Å². The lowest BCUT2D eigenvalue weighted by atomic mass is 10.00. The van der Waals surface area contributed by atoms with Crippen molar-refractivity contribution in [3.63, 3.8) is 0 Å². The van der Waals surface area contributed by atoms with Gasteiger partial charge in [0.1, 0.15) is 0 Å². The van der Waals surface area contributed by atoms with Crippen molar-refractivity contribution in [2.24, 2.45) is 0 Å². The number of hydrogen-bond acceptors (Lipinski definition) is 6. The minimum absolute atomic E-state index is 0.307. The maximum absolute atomic E-state index is 5.39. The molecule has 0 aliphatic carbocycles. The van der Waals surface area contributed by atoms with Crippen LogP contribution < -0.4 is 0 Å². The maximum atomic E-state index is 5.39. The van der Waals surface area contributed by atoms with Crippen LogP contribution in [0.1, 0.15) is 17.5 Å². The summed E-state index contributed by atoms with van der Waals surface area (Å²) in [6, 6.07) is 9.78. The highest BCUT2D eigenvalue weighted by Gasteiger charge is 2.32. The lowest BCUT2D eigenvalue weighted by Gasteiger charge is -2.36. The number of rotatable bonds is 4.